The van der Waals surface area contributed by atoms with E-state index in [0.717, 1.165) is 17.7 Å². The van der Waals surface area contributed by atoms with Crippen LogP contribution in [0.2, 0.25) is 0 Å². The van der Waals surface area contributed by atoms with Crippen LogP contribution in [-0.2, 0) is 6.54 Å². The highest BCUT2D eigenvalue weighted by Crippen LogP contribution is 2.22. The maximum absolute atomic E-state index is 11.9. The maximum Gasteiger partial charge on any atom is 0.253 e. The van der Waals surface area contributed by atoms with Crippen molar-refractivity contribution in [2.24, 2.45) is 4.99 Å². The van der Waals surface area contributed by atoms with E-state index < -0.39 is 0 Å². The van der Waals surface area contributed by atoms with Crippen molar-refractivity contribution in [2.45, 2.75) is 33.7 Å². The second-order valence-corrected chi connectivity index (χ2v) is 5.48. The van der Waals surface area contributed by atoms with E-state index in [1.54, 1.807) is 24.4 Å². The minimum atomic E-state index is -0.118. The molecule has 1 heterocycles. The van der Waals surface area contributed by atoms with Crippen molar-refractivity contribution in [2.75, 3.05) is 6.61 Å². The van der Waals surface area contributed by atoms with Gasteiger partial charge in [-0.25, -0.2) is 0 Å². The molecule has 0 fully saturated rings. The van der Waals surface area contributed by atoms with E-state index in [9.17, 15) is 9.90 Å². The number of aryl methyl sites for hydroxylation is 2. The number of hydrogen-bond donors (Lipinski definition) is 2. The van der Waals surface area contributed by atoms with Crippen molar-refractivity contribution < 1.29 is 9.84 Å². The summed E-state index contributed by atoms with van der Waals surface area (Å²) < 4.78 is 5.46. The highest BCUT2D eigenvalue weighted by atomic mass is 16.5. The Bertz CT molecular complexity index is 763. The van der Waals surface area contributed by atoms with Gasteiger partial charge in [0.1, 0.15) is 11.5 Å². The molecule has 0 saturated carbocycles. The Morgan fingerprint density at radius 3 is 2.74 bits per heavy atom. The number of aromatic nitrogens is 1. The molecule has 0 saturated heterocycles. The van der Waals surface area contributed by atoms with Gasteiger partial charge in [-0.3, -0.25) is 9.79 Å². The van der Waals surface area contributed by atoms with Crippen LogP contribution in [0, 0.1) is 13.8 Å². The van der Waals surface area contributed by atoms with E-state index in [1.807, 2.05) is 26.8 Å². The summed E-state index contributed by atoms with van der Waals surface area (Å²) in [6.07, 6.45) is 2.48. The quantitative estimate of drug-likeness (QED) is 0.805. The van der Waals surface area contributed by atoms with Crippen molar-refractivity contribution in [1.82, 2.24) is 4.98 Å². The van der Waals surface area contributed by atoms with Crippen LogP contribution in [0.5, 0.6) is 11.5 Å². The van der Waals surface area contributed by atoms with Crippen molar-refractivity contribution in [3.05, 3.63) is 57.0 Å². The SMILES string of the molecule is CCCOc1ccc(C=NCc2c(C)cc(C)[nH]c2=O)c(O)c1. The van der Waals surface area contributed by atoms with Gasteiger partial charge in [0.25, 0.3) is 5.56 Å². The number of H-pyrrole nitrogens is 1. The first-order valence-electron chi connectivity index (χ1n) is 7.66. The summed E-state index contributed by atoms with van der Waals surface area (Å²) in [6, 6.07) is 7.03. The highest BCUT2D eigenvalue weighted by Gasteiger charge is 2.05. The second-order valence-electron chi connectivity index (χ2n) is 5.48. The van der Waals surface area contributed by atoms with Gasteiger partial charge in [-0.1, -0.05) is 6.92 Å². The lowest BCUT2D eigenvalue weighted by atomic mass is 10.1. The number of nitrogens with zero attached hydrogens (tertiary/aromatic N) is 1. The fourth-order valence-electron chi connectivity index (χ4n) is 2.26. The minimum absolute atomic E-state index is 0.108. The Balaban J connectivity index is 2.11. The first-order valence-corrected chi connectivity index (χ1v) is 7.66. The molecule has 122 valence electrons. The lowest BCUT2D eigenvalue weighted by Crippen LogP contribution is -2.15. The standard InChI is InChI=1S/C18H22N2O3/c1-4-7-23-15-6-5-14(17(21)9-15)10-19-11-16-12(2)8-13(3)20-18(16)22/h5-6,8-10,21H,4,7,11H2,1-3H3,(H,20,22). The van der Waals surface area contributed by atoms with Crippen LogP contribution in [0.15, 0.2) is 34.1 Å². The molecular formula is C18H22N2O3. The molecule has 5 heteroatoms. The molecule has 0 aliphatic heterocycles. The van der Waals surface area contributed by atoms with E-state index in [0.29, 0.717) is 23.5 Å². The number of pyridine rings is 1. The third-order valence-electron chi connectivity index (χ3n) is 3.45. The summed E-state index contributed by atoms with van der Waals surface area (Å²) in [5.74, 6) is 0.740. The zero-order valence-corrected chi connectivity index (χ0v) is 13.7. The van der Waals surface area contributed by atoms with Crippen molar-refractivity contribution in [1.29, 1.82) is 0 Å². The van der Waals surface area contributed by atoms with Gasteiger partial charge in [-0.05, 0) is 44.0 Å². The van der Waals surface area contributed by atoms with Gasteiger partial charge in [0.2, 0.25) is 0 Å². The molecule has 0 bridgehead atoms. The number of ether oxygens (including phenoxy) is 1. The first-order chi connectivity index (χ1) is 11.0. The molecule has 2 N–H and O–H groups in total. The number of hydrogen-bond acceptors (Lipinski definition) is 4. The predicted octanol–water partition coefficient (Wildman–Crippen LogP) is 3.11. The van der Waals surface area contributed by atoms with Crippen molar-refractivity contribution in [3.8, 4) is 11.5 Å². The molecule has 0 atom stereocenters. The molecule has 2 aromatic rings. The molecule has 1 aromatic carbocycles. The van der Waals surface area contributed by atoms with Crippen LogP contribution in [0.3, 0.4) is 0 Å². The van der Waals surface area contributed by atoms with E-state index >= 15 is 0 Å². The fourth-order valence-corrected chi connectivity index (χ4v) is 2.26. The second kappa shape index (κ2) is 7.63. The lowest BCUT2D eigenvalue weighted by Gasteiger charge is -2.06. The van der Waals surface area contributed by atoms with Crippen molar-refractivity contribution >= 4 is 6.21 Å². The van der Waals surface area contributed by atoms with Gasteiger partial charge in [-0.2, -0.15) is 0 Å². The van der Waals surface area contributed by atoms with Crippen LogP contribution in [0.1, 0.15) is 35.7 Å². The van der Waals surface area contributed by atoms with Gasteiger partial charge in [0, 0.05) is 29.1 Å². The lowest BCUT2D eigenvalue weighted by molar-refractivity contribution is 0.315. The summed E-state index contributed by atoms with van der Waals surface area (Å²) in [4.78, 5) is 19.0. The van der Waals surface area contributed by atoms with Gasteiger partial charge >= 0.3 is 0 Å². The average Bonchev–Trinajstić information content (AvgIpc) is 2.49. The summed E-state index contributed by atoms with van der Waals surface area (Å²) in [7, 11) is 0. The normalized spacial score (nSPS) is 11.1. The molecule has 0 unspecified atom stereocenters. The molecular weight excluding hydrogens is 292 g/mol. The van der Waals surface area contributed by atoms with Gasteiger partial charge in [-0.15, -0.1) is 0 Å². The number of aliphatic imine (C=N–C) groups is 1. The van der Waals surface area contributed by atoms with Gasteiger partial charge < -0.3 is 14.8 Å². The maximum atomic E-state index is 11.9. The minimum Gasteiger partial charge on any atom is -0.507 e. The van der Waals surface area contributed by atoms with E-state index in [1.165, 1.54) is 0 Å². The largest absolute Gasteiger partial charge is 0.507 e. The Morgan fingerprint density at radius 1 is 1.30 bits per heavy atom. The zero-order valence-electron chi connectivity index (χ0n) is 13.7. The van der Waals surface area contributed by atoms with Gasteiger partial charge in [0.15, 0.2) is 0 Å². The molecule has 0 spiro atoms. The Labute approximate surface area is 135 Å². The number of aromatic hydroxyl groups is 1. The molecule has 5 nitrogen and oxygen atoms in total. The topological polar surface area (TPSA) is 74.7 Å². The van der Waals surface area contributed by atoms with Crippen LogP contribution < -0.4 is 10.3 Å². The Kier molecular flexibility index (Phi) is 5.57. The molecule has 0 aliphatic carbocycles. The fraction of sp³-hybridized carbons (Fsp3) is 0.333. The van der Waals surface area contributed by atoms with E-state index in [-0.39, 0.29) is 17.9 Å². The number of rotatable bonds is 6. The smallest absolute Gasteiger partial charge is 0.253 e. The highest BCUT2D eigenvalue weighted by molar-refractivity contribution is 5.83. The summed E-state index contributed by atoms with van der Waals surface area (Å²) in [6.45, 7) is 6.65. The first kappa shape index (κ1) is 16.8. The average molecular weight is 314 g/mol. The Morgan fingerprint density at radius 2 is 2.09 bits per heavy atom. The van der Waals surface area contributed by atoms with E-state index in [4.69, 9.17) is 4.74 Å². The molecule has 0 amide bonds. The molecule has 0 aliphatic rings. The summed E-state index contributed by atoms with van der Waals surface area (Å²) in [5.41, 5.74) is 2.85. The molecule has 2 rings (SSSR count). The monoisotopic (exact) mass is 314 g/mol. The third kappa shape index (κ3) is 4.45. The van der Waals surface area contributed by atoms with E-state index in [2.05, 4.69) is 9.98 Å². The number of nitrogens with one attached hydrogen (secondary N) is 1. The summed E-state index contributed by atoms with van der Waals surface area (Å²) in [5, 5.41) is 9.99. The van der Waals surface area contributed by atoms with Crippen LogP contribution in [-0.4, -0.2) is 22.9 Å². The van der Waals surface area contributed by atoms with Gasteiger partial charge in [0.05, 0.1) is 13.2 Å². The van der Waals surface area contributed by atoms with Crippen molar-refractivity contribution in [3.63, 3.8) is 0 Å². The number of phenolic OH excluding ortho intramolecular Hbond substituents is 1. The molecule has 0 radical (unpaired) electrons. The van der Waals surface area contributed by atoms with Crippen LogP contribution in [0.25, 0.3) is 0 Å². The van der Waals surface area contributed by atoms with Crippen LogP contribution >= 0.6 is 0 Å². The number of phenols is 1. The molecule has 1 aromatic heterocycles. The molecule has 23 heavy (non-hydrogen) atoms. The zero-order chi connectivity index (χ0) is 16.8. The predicted molar refractivity (Wildman–Crippen MR) is 91.7 cm³/mol. The summed E-state index contributed by atoms with van der Waals surface area (Å²) >= 11 is 0. The van der Waals surface area contributed by atoms with Crippen LogP contribution in [0.4, 0.5) is 0 Å². The number of aromatic amines is 1. The Hall–Kier alpha value is -2.56. The third-order valence-corrected chi connectivity index (χ3v) is 3.45. The number of benzene rings is 1.